The highest BCUT2D eigenvalue weighted by Gasteiger charge is 2.43. The Bertz CT molecular complexity index is 644. The maximum absolute atomic E-state index is 11.7. The van der Waals surface area contributed by atoms with E-state index in [1.807, 2.05) is 61.5 Å². The summed E-state index contributed by atoms with van der Waals surface area (Å²) in [4.78, 5) is 11.7. The molecule has 3 nitrogen and oxygen atoms in total. The highest BCUT2D eigenvalue weighted by atomic mass is 16.8. The molecule has 0 N–H and O–H groups in total. The average Bonchev–Trinajstić information content (AvgIpc) is 3.27. The number of hydrogen-bond donors (Lipinski definition) is 0. The molecule has 3 heteroatoms. The lowest BCUT2D eigenvalue weighted by Gasteiger charge is -1.98. The van der Waals surface area contributed by atoms with Crippen LogP contribution in [0.5, 0.6) is 0 Å². The number of carbonyl (C=O) groups is 1. The van der Waals surface area contributed by atoms with Gasteiger partial charge >= 0.3 is 5.97 Å². The van der Waals surface area contributed by atoms with Crippen LogP contribution >= 0.6 is 0 Å². The number of epoxide rings is 1. The monoisotopic (exact) mass is 280 g/mol. The van der Waals surface area contributed by atoms with Crippen molar-refractivity contribution in [1.29, 1.82) is 0 Å². The summed E-state index contributed by atoms with van der Waals surface area (Å²) >= 11 is 0. The van der Waals surface area contributed by atoms with Crippen molar-refractivity contribution in [1.82, 2.24) is 0 Å². The molecule has 2 aromatic carbocycles. The van der Waals surface area contributed by atoms with Gasteiger partial charge in [-0.25, -0.2) is 4.79 Å². The Morgan fingerprint density at radius 1 is 1.10 bits per heavy atom. The lowest BCUT2D eigenvalue weighted by Crippen LogP contribution is -2.04. The minimum atomic E-state index is -0.470. The second-order valence-electron chi connectivity index (χ2n) is 5.02. The molecule has 0 radical (unpaired) electrons. The van der Waals surface area contributed by atoms with Crippen LogP contribution in [-0.4, -0.2) is 12.3 Å². The fraction of sp³-hybridized carbons (Fsp3) is 0.167. The smallest absolute Gasteiger partial charge is 0.333 e. The summed E-state index contributed by atoms with van der Waals surface area (Å²) in [6, 6.07) is 17.7. The lowest BCUT2D eigenvalue weighted by atomic mass is 10.1. The van der Waals surface area contributed by atoms with Gasteiger partial charge in [-0.2, -0.15) is 0 Å². The molecule has 0 saturated carbocycles. The fourth-order valence-electron chi connectivity index (χ4n) is 2.06. The van der Waals surface area contributed by atoms with Gasteiger partial charge in [0, 0.05) is 6.08 Å². The summed E-state index contributed by atoms with van der Waals surface area (Å²) in [5.74, 6) is -0.390. The first kappa shape index (κ1) is 13.6. The standard InChI is InChI=1S/C18H16O3/c1-13-7-9-14(10-8-13)11-12-16(19)20-18-17(21-18)15-5-3-2-4-6-15/h2-12,17-18H,1H3. The van der Waals surface area contributed by atoms with Crippen LogP contribution in [0.4, 0.5) is 0 Å². The largest absolute Gasteiger partial charge is 0.429 e. The zero-order valence-electron chi connectivity index (χ0n) is 11.7. The molecule has 2 atom stereocenters. The summed E-state index contributed by atoms with van der Waals surface area (Å²) in [5, 5.41) is 0. The molecule has 0 aliphatic carbocycles. The van der Waals surface area contributed by atoms with E-state index in [1.54, 1.807) is 6.08 Å². The van der Waals surface area contributed by atoms with Crippen molar-refractivity contribution in [2.24, 2.45) is 0 Å². The third kappa shape index (κ3) is 3.58. The van der Waals surface area contributed by atoms with Crippen molar-refractivity contribution in [3.8, 4) is 0 Å². The van der Waals surface area contributed by atoms with Crippen molar-refractivity contribution in [3.63, 3.8) is 0 Å². The van der Waals surface area contributed by atoms with E-state index in [9.17, 15) is 4.79 Å². The van der Waals surface area contributed by atoms with Crippen LogP contribution in [0.2, 0.25) is 0 Å². The molecule has 0 bridgehead atoms. The lowest BCUT2D eigenvalue weighted by molar-refractivity contribution is -0.142. The van der Waals surface area contributed by atoms with Gasteiger partial charge in [0.15, 0.2) is 0 Å². The van der Waals surface area contributed by atoms with Gasteiger partial charge in [-0.3, -0.25) is 0 Å². The highest BCUT2D eigenvalue weighted by molar-refractivity contribution is 5.87. The Morgan fingerprint density at radius 3 is 2.52 bits per heavy atom. The molecule has 1 fully saturated rings. The van der Waals surface area contributed by atoms with E-state index >= 15 is 0 Å². The number of aryl methyl sites for hydroxylation is 1. The van der Waals surface area contributed by atoms with Crippen LogP contribution < -0.4 is 0 Å². The second kappa shape index (κ2) is 5.94. The molecule has 0 spiro atoms. The van der Waals surface area contributed by atoms with E-state index < -0.39 is 6.29 Å². The minimum absolute atomic E-state index is 0.136. The van der Waals surface area contributed by atoms with Crippen LogP contribution in [0.3, 0.4) is 0 Å². The molecule has 1 heterocycles. The normalized spacial score (nSPS) is 20.4. The van der Waals surface area contributed by atoms with Crippen LogP contribution in [0.15, 0.2) is 60.7 Å². The van der Waals surface area contributed by atoms with Gasteiger partial charge in [0.1, 0.15) is 6.10 Å². The molecule has 2 unspecified atom stereocenters. The quantitative estimate of drug-likeness (QED) is 0.487. The van der Waals surface area contributed by atoms with Crippen molar-refractivity contribution in [2.75, 3.05) is 0 Å². The fourth-order valence-corrected chi connectivity index (χ4v) is 2.06. The van der Waals surface area contributed by atoms with Crippen molar-refractivity contribution >= 4 is 12.0 Å². The topological polar surface area (TPSA) is 38.8 Å². The van der Waals surface area contributed by atoms with Gasteiger partial charge in [0.25, 0.3) is 0 Å². The first-order chi connectivity index (χ1) is 10.2. The van der Waals surface area contributed by atoms with E-state index in [4.69, 9.17) is 9.47 Å². The maximum Gasteiger partial charge on any atom is 0.333 e. The van der Waals surface area contributed by atoms with Gasteiger partial charge < -0.3 is 9.47 Å². The number of ether oxygens (including phenoxy) is 2. The molecule has 106 valence electrons. The molecule has 1 aliphatic heterocycles. The number of hydrogen-bond acceptors (Lipinski definition) is 3. The first-order valence-corrected chi connectivity index (χ1v) is 6.88. The zero-order chi connectivity index (χ0) is 14.7. The predicted molar refractivity (Wildman–Crippen MR) is 80.4 cm³/mol. The van der Waals surface area contributed by atoms with E-state index in [2.05, 4.69) is 0 Å². The van der Waals surface area contributed by atoms with Crippen molar-refractivity contribution < 1.29 is 14.3 Å². The van der Waals surface area contributed by atoms with E-state index in [0.717, 1.165) is 11.1 Å². The van der Waals surface area contributed by atoms with Gasteiger partial charge in [-0.15, -0.1) is 0 Å². The SMILES string of the molecule is Cc1ccc(C=CC(=O)OC2OC2c2ccccc2)cc1. The van der Waals surface area contributed by atoms with Crippen molar-refractivity contribution in [3.05, 3.63) is 77.4 Å². The third-order valence-corrected chi connectivity index (χ3v) is 3.30. The molecule has 1 saturated heterocycles. The minimum Gasteiger partial charge on any atom is -0.429 e. The summed E-state index contributed by atoms with van der Waals surface area (Å²) in [5.41, 5.74) is 3.18. The van der Waals surface area contributed by atoms with Crippen LogP contribution in [0.25, 0.3) is 6.08 Å². The molecule has 21 heavy (non-hydrogen) atoms. The van der Waals surface area contributed by atoms with E-state index in [-0.39, 0.29) is 12.1 Å². The number of rotatable bonds is 4. The van der Waals surface area contributed by atoms with Gasteiger partial charge in [0.2, 0.25) is 6.29 Å². The summed E-state index contributed by atoms with van der Waals surface area (Å²) in [6.45, 7) is 2.02. The van der Waals surface area contributed by atoms with Gasteiger partial charge in [0.05, 0.1) is 0 Å². The number of benzene rings is 2. The summed E-state index contributed by atoms with van der Waals surface area (Å²) < 4.78 is 10.6. The first-order valence-electron chi connectivity index (χ1n) is 6.88. The predicted octanol–water partition coefficient (Wildman–Crippen LogP) is 3.65. The molecule has 0 aromatic heterocycles. The molecule has 1 aliphatic rings. The Balaban J connectivity index is 1.53. The van der Waals surface area contributed by atoms with Gasteiger partial charge in [-0.1, -0.05) is 60.2 Å². The summed E-state index contributed by atoms with van der Waals surface area (Å²) in [7, 11) is 0. The Kier molecular flexibility index (Phi) is 3.84. The van der Waals surface area contributed by atoms with Crippen LogP contribution in [0.1, 0.15) is 22.8 Å². The molecule has 0 amide bonds. The molecular weight excluding hydrogens is 264 g/mol. The molecule has 2 aromatic rings. The molecule has 3 rings (SSSR count). The van der Waals surface area contributed by atoms with Crippen molar-refractivity contribution in [2.45, 2.75) is 19.3 Å². The van der Waals surface area contributed by atoms with Crippen LogP contribution in [-0.2, 0) is 14.3 Å². The Morgan fingerprint density at radius 2 is 1.81 bits per heavy atom. The second-order valence-corrected chi connectivity index (χ2v) is 5.02. The van der Waals surface area contributed by atoms with Gasteiger partial charge in [-0.05, 0) is 24.1 Å². The Hall–Kier alpha value is -2.39. The number of esters is 1. The Labute approximate surface area is 123 Å². The summed E-state index contributed by atoms with van der Waals surface area (Å²) in [6.07, 6.45) is 2.56. The van der Waals surface area contributed by atoms with E-state index in [0.29, 0.717) is 0 Å². The number of carbonyl (C=O) groups excluding carboxylic acids is 1. The zero-order valence-corrected chi connectivity index (χ0v) is 11.7. The maximum atomic E-state index is 11.7. The highest BCUT2D eigenvalue weighted by Crippen LogP contribution is 2.39. The third-order valence-electron chi connectivity index (χ3n) is 3.30. The van der Waals surface area contributed by atoms with Crippen LogP contribution in [0, 0.1) is 6.92 Å². The average molecular weight is 280 g/mol. The molecular formula is C18H16O3. The van der Waals surface area contributed by atoms with E-state index in [1.165, 1.54) is 11.6 Å².